The first-order valence-electron chi connectivity index (χ1n) is 2.59. The predicted octanol–water partition coefficient (Wildman–Crippen LogP) is 0.999. The van der Waals surface area contributed by atoms with E-state index in [4.69, 9.17) is 5.26 Å². The highest BCUT2D eigenvalue weighted by Gasteiger charge is 2.13. The van der Waals surface area contributed by atoms with Gasteiger partial charge in [-0.05, 0) is 0 Å². The zero-order valence-electron chi connectivity index (χ0n) is 5.41. The van der Waals surface area contributed by atoms with E-state index in [2.05, 4.69) is 17.9 Å². The Balaban J connectivity index is 4.04. The van der Waals surface area contributed by atoms with Crippen LogP contribution in [0.2, 0.25) is 0 Å². The van der Waals surface area contributed by atoms with E-state index in [1.54, 1.807) is 6.07 Å². The molecule has 1 unspecified atom stereocenters. The zero-order chi connectivity index (χ0) is 7.98. The minimum atomic E-state index is -0.891. The molecule has 0 spiro atoms. The first-order valence-corrected chi connectivity index (χ1v) is 2.59. The number of rotatable bonds is 3. The molecule has 0 bridgehead atoms. The smallest absolute Gasteiger partial charge is 0.332 e. The van der Waals surface area contributed by atoms with Crippen LogP contribution in [0.3, 0.4) is 0 Å². The molecule has 0 saturated heterocycles. The topological polar surface area (TPSA) is 50.1 Å². The SMILES string of the molecule is C=COC(=O)C(C#N)C=C. The number of hydrogen-bond acceptors (Lipinski definition) is 3. The van der Waals surface area contributed by atoms with Gasteiger partial charge in [0.15, 0.2) is 5.92 Å². The van der Waals surface area contributed by atoms with Crippen molar-refractivity contribution >= 4 is 5.97 Å². The normalized spacial score (nSPS) is 10.7. The summed E-state index contributed by atoms with van der Waals surface area (Å²) in [6.07, 6.45) is 2.20. The summed E-state index contributed by atoms with van der Waals surface area (Å²) in [5.74, 6) is -1.54. The molecule has 10 heavy (non-hydrogen) atoms. The minimum absolute atomic E-state index is 0.646. The van der Waals surface area contributed by atoms with Gasteiger partial charge in [-0.3, -0.25) is 0 Å². The molecule has 3 heteroatoms. The maximum Gasteiger partial charge on any atom is 0.332 e. The third kappa shape index (κ3) is 2.14. The number of carbonyl (C=O) groups excluding carboxylic acids is 1. The van der Waals surface area contributed by atoms with Crippen molar-refractivity contribution in [3.63, 3.8) is 0 Å². The predicted molar refractivity (Wildman–Crippen MR) is 35.6 cm³/mol. The van der Waals surface area contributed by atoms with Crippen LogP contribution in [0.15, 0.2) is 25.5 Å². The lowest BCUT2D eigenvalue weighted by molar-refractivity contribution is -0.139. The molecule has 0 heterocycles. The van der Waals surface area contributed by atoms with Crippen LogP contribution < -0.4 is 0 Å². The Kier molecular flexibility index (Phi) is 3.66. The lowest BCUT2D eigenvalue weighted by Gasteiger charge is -1.97. The molecule has 0 fully saturated rings. The van der Waals surface area contributed by atoms with Gasteiger partial charge >= 0.3 is 5.97 Å². The van der Waals surface area contributed by atoms with Crippen molar-refractivity contribution in [1.29, 1.82) is 5.26 Å². The second kappa shape index (κ2) is 4.33. The summed E-state index contributed by atoms with van der Waals surface area (Å²) >= 11 is 0. The van der Waals surface area contributed by atoms with Crippen LogP contribution in [0.4, 0.5) is 0 Å². The lowest BCUT2D eigenvalue weighted by Crippen LogP contribution is -2.10. The van der Waals surface area contributed by atoms with Crippen molar-refractivity contribution in [1.82, 2.24) is 0 Å². The van der Waals surface area contributed by atoms with Crippen LogP contribution in [0.5, 0.6) is 0 Å². The molecule has 0 aromatic carbocycles. The van der Waals surface area contributed by atoms with Crippen LogP contribution in [-0.2, 0) is 9.53 Å². The number of ether oxygens (including phenoxy) is 1. The Morgan fingerprint density at radius 1 is 1.70 bits per heavy atom. The molecular weight excluding hydrogens is 130 g/mol. The number of esters is 1. The van der Waals surface area contributed by atoms with Gasteiger partial charge in [0.05, 0.1) is 12.3 Å². The van der Waals surface area contributed by atoms with E-state index in [-0.39, 0.29) is 0 Å². The molecule has 0 aliphatic carbocycles. The maximum absolute atomic E-state index is 10.6. The van der Waals surface area contributed by atoms with E-state index in [1.165, 1.54) is 6.08 Å². The van der Waals surface area contributed by atoms with Crippen LogP contribution in [0, 0.1) is 17.2 Å². The molecule has 0 aliphatic rings. The summed E-state index contributed by atoms with van der Waals surface area (Å²) in [6, 6.07) is 1.70. The van der Waals surface area contributed by atoms with Gasteiger partial charge in [-0.15, -0.1) is 6.58 Å². The van der Waals surface area contributed by atoms with E-state index < -0.39 is 11.9 Å². The molecule has 0 radical (unpaired) electrons. The summed E-state index contributed by atoms with van der Waals surface area (Å²) < 4.78 is 4.32. The first kappa shape index (κ1) is 8.44. The maximum atomic E-state index is 10.6. The fourth-order valence-electron chi connectivity index (χ4n) is 0.357. The van der Waals surface area contributed by atoms with Crippen molar-refractivity contribution in [3.05, 3.63) is 25.5 Å². The van der Waals surface area contributed by atoms with Gasteiger partial charge in [0.1, 0.15) is 0 Å². The average molecular weight is 137 g/mol. The van der Waals surface area contributed by atoms with Crippen LogP contribution in [-0.4, -0.2) is 5.97 Å². The summed E-state index contributed by atoms with van der Waals surface area (Å²) in [7, 11) is 0. The molecule has 3 nitrogen and oxygen atoms in total. The van der Waals surface area contributed by atoms with E-state index in [9.17, 15) is 4.79 Å². The number of hydrogen-bond donors (Lipinski definition) is 0. The Hall–Kier alpha value is -1.56. The van der Waals surface area contributed by atoms with Gasteiger partial charge < -0.3 is 4.74 Å². The van der Waals surface area contributed by atoms with Crippen molar-refractivity contribution in [3.8, 4) is 6.07 Å². The highest BCUT2D eigenvalue weighted by molar-refractivity contribution is 5.77. The van der Waals surface area contributed by atoms with Crippen LogP contribution in [0.25, 0.3) is 0 Å². The Labute approximate surface area is 59.2 Å². The molecule has 0 saturated carbocycles. The van der Waals surface area contributed by atoms with E-state index in [0.717, 1.165) is 6.26 Å². The second-order valence-electron chi connectivity index (χ2n) is 1.45. The highest BCUT2D eigenvalue weighted by atomic mass is 16.5. The van der Waals surface area contributed by atoms with Gasteiger partial charge in [0.25, 0.3) is 0 Å². The number of nitriles is 1. The molecular formula is C7H7NO2. The lowest BCUT2D eigenvalue weighted by atomic mass is 10.2. The summed E-state index contributed by atoms with van der Waals surface area (Å²) in [5, 5.41) is 8.27. The fourth-order valence-corrected chi connectivity index (χ4v) is 0.357. The van der Waals surface area contributed by atoms with Crippen molar-refractivity contribution in [2.45, 2.75) is 0 Å². The van der Waals surface area contributed by atoms with E-state index in [1.807, 2.05) is 0 Å². The van der Waals surface area contributed by atoms with Gasteiger partial charge in [0, 0.05) is 0 Å². The van der Waals surface area contributed by atoms with Crippen LogP contribution >= 0.6 is 0 Å². The third-order valence-electron chi connectivity index (χ3n) is 0.828. The summed E-state index contributed by atoms with van der Waals surface area (Å²) in [6.45, 7) is 6.44. The molecule has 0 aromatic rings. The molecule has 0 amide bonds. The highest BCUT2D eigenvalue weighted by Crippen LogP contribution is 1.98. The van der Waals surface area contributed by atoms with Gasteiger partial charge in [-0.1, -0.05) is 12.7 Å². The van der Waals surface area contributed by atoms with E-state index >= 15 is 0 Å². The largest absolute Gasteiger partial charge is 0.434 e. The standard InChI is InChI=1S/C7H7NO2/c1-3-6(5-8)7(9)10-4-2/h3-4,6H,1-2H2. The molecule has 1 atom stereocenters. The average Bonchev–Trinajstić information content (AvgIpc) is 1.91. The molecule has 0 aliphatic heterocycles. The first-order chi connectivity index (χ1) is 4.76. The Morgan fingerprint density at radius 2 is 2.30 bits per heavy atom. The number of carbonyl (C=O) groups is 1. The molecule has 0 aromatic heterocycles. The van der Waals surface area contributed by atoms with Crippen molar-refractivity contribution in [2.75, 3.05) is 0 Å². The Bertz CT molecular complexity index is 190. The monoisotopic (exact) mass is 137 g/mol. The quantitative estimate of drug-likeness (QED) is 0.331. The zero-order valence-corrected chi connectivity index (χ0v) is 5.41. The van der Waals surface area contributed by atoms with Gasteiger partial charge in [0.2, 0.25) is 0 Å². The number of nitrogens with zero attached hydrogens (tertiary/aromatic N) is 1. The summed E-state index contributed by atoms with van der Waals surface area (Å²) in [4.78, 5) is 10.6. The van der Waals surface area contributed by atoms with E-state index in [0.29, 0.717) is 0 Å². The van der Waals surface area contributed by atoms with Crippen molar-refractivity contribution < 1.29 is 9.53 Å². The Morgan fingerprint density at radius 3 is 2.60 bits per heavy atom. The molecule has 0 N–H and O–H groups in total. The third-order valence-corrected chi connectivity index (χ3v) is 0.828. The van der Waals surface area contributed by atoms with Crippen molar-refractivity contribution in [2.24, 2.45) is 5.92 Å². The molecule has 52 valence electrons. The molecule has 0 rings (SSSR count). The minimum Gasteiger partial charge on any atom is -0.434 e. The summed E-state index contributed by atoms with van der Waals surface area (Å²) in [5.41, 5.74) is 0. The van der Waals surface area contributed by atoms with Crippen LogP contribution in [0.1, 0.15) is 0 Å². The second-order valence-corrected chi connectivity index (χ2v) is 1.45. The fraction of sp³-hybridized carbons (Fsp3) is 0.143. The van der Waals surface area contributed by atoms with Gasteiger partial charge in [-0.2, -0.15) is 5.26 Å². The van der Waals surface area contributed by atoms with Gasteiger partial charge in [-0.25, -0.2) is 4.79 Å².